The Hall–Kier alpha value is -3.26. The molecule has 284 valence electrons. The van der Waals surface area contributed by atoms with Crippen LogP contribution in [0.4, 0.5) is 26.3 Å². The van der Waals surface area contributed by atoms with Gasteiger partial charge in [0.15, 0.2) is 10.6 Å². The van der Waals surface area contributed by atoms with E-state index in [1.807, 2.05) is 4.72 Å². The van der Waals surface area contributed by atoms with Crippen LogP contribution >= 0.6 is 34.3 Å². The molecule has 5 heterocycles. The first-order valence-electron chi connectivity index (χ1n) is 16.1. The molecule has 2 amide bonds. The summed E-state index contributed by atoms with van der Waals surface area (Å²) in [5.74, 6) is -4.34. The Bertz CT molecular complexity index is 1930. The molecule has 1 fully saturated rings. The van der Waals surface area contributed by atoms with Crippen LogP contribution in [0.1, 0.15) is 88.4 Å². The summed E-state index contributed by atoms with van der Waals surface area (Å²) in [4.78, 5) is 51.0. The van der Waals surface area contributed by atoms with Crippen molar-refractivity contribution in [3.05, 3.63) is 66.3 Å². The summed E-state index contributed by atoms with van der Waals surface area (Å²) in [5, 5.41) is 2.00. The van der Waals surface area contributed by atoms with Gasteiger partial charge in [0.2, 0.25) is 27.6 Å². The van der Waals surface area contributed by atoms with E-state index >= 15 is 0 Å². The fourth-order valence-corrected chi connectivity index (χ4v) is 9.34. The molecule has 3 aromatic heterocycles. The predicted molar refractivity (Wildman–Crippen MR) is 180 cm³/mol. The standard InChI is InChI=1S/C32H33ClF6N4O6S3/c1-3-6-22-17(30(46)42-14-11-23-18(15-24(33)51-23)21(42)9-10-25(44)41-52(2,47)48)7-5-13-43(22)49-28-19(16-50-29(28)32(37,38)39)27(45)26-20(31(34,35)36)8-4-12-40-26/h4,8,12,15-17,21-22H,3,5-7,9-11,13-14H2,1-2H3,(H,41,44)/t17-,21?,22+/m0/s1. The number of pyridine rings is 1. The van der Waals surface area contributed by atoms with Crippen LogP contribution in [0.25, 0.3) is 0 Å². The Kier molecular flexibility index (Phi) is 12.0. The van der Waals surface area contributed by atoms with Crippen LogP contribution in [0.3, 0.4) is 0 Å². The number of hydrogen-bond acceptors (Lipinski definition) is 10. The van der Waals surface area contributed by atoms with Gasteiger partial charge in [-0.3, -0.25) is 24.1 Å². The molecule has 0 aromatic carbocycles. The number of nitrogens with zero attached hydrogens (tertiary/aromatic N) is 3. The van der Waals surface area contributed by atoms with Gasteiger partial charge in [0.05, 0.1) is 39.7 Å². The van der Waals surface area contributed by atoms with Crippen LogP contribution in [0.2, 0.25) is 4.34 Å². The highest BCUT2D eigenvalue weighted by Crippen LogP contribution is 2.46. The lowest BCUT2D eigenvalue weighted by Crippen LogP contribution is -2.54. The molecule has 3 aromatic rings. The van der Waals surface area contributed by atoms with Crippen molar-refractivity contribution in [3.63, 3.8) is 0 Å². The zero-order valence-electron chi connectivity index (χ0n) is 27.6. The number of rotatable bonds is 11. The zero-order valence-corrected chi connectivity index (χ0v) is 30.8. The van der Waals surface area contributed by atoms with E-state index in [1.54, 1.807) is 17.9 Å². The number of hydrogen-bond donors (Lipinski definition) is 1. The molecule has 52 heavy (non-hydrogen) atoms. The van der Waals surface area contributed by atoms with E-state index in [1.165, 1.54) is 16.4 Å². The summed E-state index contributed by atoms with van der Waals surface area (Å²) in [6.07, 6.45) is -6.68. The number of nitrogens with one attached hydrogen (secondary N) is 1. The highest BCUT2D eigenvalue weighted by molar-refractivity contribution is 7.89. The Morgan fingerprint density at radius 3 is 2.50 bits per heavy atom. The summed E-state index contributed by atoms with van der Waals surface area (Å²) in [7, 11) is -3.83. The first-order chi connectivity index (χ1) is 24.3. The lowest BCUT2D eigenvalue weighted by Gasteiger charge is -2.44. The third-order valence-electron chi connectivity index (χ3n) is 8.77. The molecule has 0 saturated carbocycles. The third-order valence-corrected chi connectivity index (χ3v) is 11.7. The van der Waals surface area contributed by atoms with Crippen LogP contribution in [0.5, 0.6) is 5.75 Å². The average molecular weight is 815 g/mol. The lowest BCUT2D eigenvalue weighted by atomic mass is 9.85. The van der Waals surface area contributed by atoms with Crippen LogP contribution in [-0.4, -0.2) is 66.3 Å². The van der Waals surface area contributed by atoms with Crippen LogP contribution in [0.15, 0.2) is 29.8 Å². The normalized spacial score (nSPS) is 20.0. The van der Waals surface area contributed by atoms with Gasteiger partial charge < -0.3 is 9.74 Å². The van der Waals surface area contributed by atoms with Crippen molar-refractivity contribution in [2.75, 3.05) is 19.3 Å². The van der Waals surface area contributed by atoms with Gasteiger partial charge in [-0.1, -0.05) is 24.9 Å². The zero-order chi connectivity index (χ0) is 38.2. The van der Waals surface area contributed by atoms with Crippen LogP contribution in [-0.2, 0) is 38.4 Å². The molecule has 2 aliphatic heterocycles. The van der Waals surface area contributed by atoms with Gasteiger partial charge in [0, 0.05) is 36.0 Å². The number of fused-ring (bicyclic) bond motifs is 1. The van der Waals surface area contributed by atoms with Gasteiger partial charge in [-0.25, -0.2) is 8.42 Å². The summed E-state index contributed by atoms with van der Waals surface area (Å²) in [6.45, 7) is 2.08. The molecule has 0 aliphatic carbocycles. The number of halogens is 7. The van der Waals surface area contributed by atoms with E-state index in [4.69, 9.17) is 16.4 Å². The minimum Gasteiger partial charge on any atom is -0.403 e. The number of thiophene rings is 2. The second-order valence-electron chi connectivity index (χ2n) is 12.4. The average Bonchev–Trinajstić information content (AvgIpc) is 3.65. The number of piperidine rings is 1. The monoisotopic (exact) mass is 814 g/mol. The molecular formula is C32H33ClF6N4O6S3. The number of carbonyl (C=O) groups excluding carboxylic acids is 3. The number of sulfonamides is 1. The van der Waals surface area contributed by atoms with Gasteiger partial charge >= 0.3 is 12.4 Å². The van der Waals surface area contributed by atoms with Gasteiger partial charge in [-0.05, 0) is 55.9 Å². The van der Waals surface area contributed by atoms with Crippen LogP contribution < -0.4 is 9.56 Å². The maximum Gasteiger partial charge on any atom is 0.429 e. The first kappa shape index (κ1) is 39.9. The minimum absolute atomic E-state index is 0.0476. The Morgan fingerprint density at radius 2 is 1.85 bits per heavy atom. The Morgan fingerprint density at radius 1 is 1.12 bits per heavy atom. The Labute approximate surface area is 308 Å². The number of alkyl halides is 6. The lowest BCUT2D eigenvalue weighted by molar-refractivity contribution is -0.168. The fraction of sp³-hybridized carbons (Fsp3) is 0.500. The van der Waals surface area contributed by atoms with Gasteiger partial charge in [-0.2, -0.15) is 26.3 Å². The number of aromatic nitrogens is 1. The molecule has 3 atom stereocenters. The fourth-order valence-electron chi connectivity index (χ4n) is 6.66. The minimum atomic E-state index is -5.04. The number of hydroxylamine groups is 2. The van der Waals surface area contributed by atoms with E-state index in [0.717, 1.165) is 28.8 Å². The molecule has 20 heteroatoms. The number of ketones is 1. The van der Waals surface area contributed by atoms with Crippen molar-refractivity contribution < 1.29 is 54.0 Å². The largest absolute Gasteiger partial charge is 0.429 e. The molecule has 0 spiro atoms. The highest BCUT2D eigenvalue weighted by Gasteiger charge is 2.46. The van der Waals surface area contributed by atoms with E-state index in [2.05, 4.69) is 4.98 Å². The van der Waals surface area contributed by atoms with Crippen molar-refractivity contribution in [2.24, 2.45) is 5.92 Å². The van der Waals surface area contributed by atoms with E-state index in [0.29, 0.717) is 35.2 Å². The topological polar surface area (TPSA) is 126 Å². The van der Waals surface area contributed by atoms with Gasteiger partial charge in [-0.15, -0.1) is 27.7 Å². The second kappa shape index (κ2) is 15.6. The molecule has 10 nitrogen and oxygen atoms in total. The number of amides is 2. The number of carbonyl (C=O) groups is 3. The van der Waals surface area contributed by atoms with Crippen molar-refractivity contribution in [1.82, 2.24) is 19.7 Å². The Balaban J connectivity index is 1.47. The molecule has 1 N–H and O–H groups in total. The molecule has 1 saturated heterocycles. The van der Waals surface area contributed by atoms with Crippen LogP contribution in [0, 0.1) is 5.92 Å². The SMILES string of the molecule is CCC[C@@H]1[C@@H](C(=O)N2CCc3sc(Cl)cc3C2CCC(=O)NS(C)(=O)=O)CCCN1Oc1c(C(=O)c2ncccc2C(F)(F)F)csc1C(F)(F)F. The van der Waals surface area contributed by atoms with E-state index in [-0.39, 0.29) is 56.0 Å². The summed E-state index contributed by atoms with van der Waals surface area (Å²) >= 11 is 7.73. The third kappa shape index (κ3) is 8.91. The van der Waals surface area contributed by atoms with Crippen molar-refractivity contribution in [1.29, 1.82) is 0 Å². The van der Waals surface area contributed by atoms with Gasteiger partial charge in [0.1, 0.15) is 5.69 Å². The molecule has 0 bridgehead atoms. The van der Waals surface area contributed by atoms with Crippen molar-refractivity contribution in [2.45, 2.75) is 76.3 Å². The molecule has 0 radical (unpaired) electrons. The maximum absolute atomic E-state index is 14.5. The molecule has 5 rings (SSSR count). The predicted octanol–water partition coefficient (Wildman–Crippen LogP) is 7.28. The van der Waals surface area contributed by atoms with Crippen molar-refractivity contribution in [3.8, 4) is 5.75 Å². The van der Waals surface area contributed by atoms with Crippen molar-refractivity contribution >= 4 is 61.9 Å². The highest BCUT2D eigenvalue weighted by atomic mass is 35.5. The van der Waals surface area contributed by atoms with E-state index < -0.39 is 79.5 Å². The summed E-state index contributed by atoms with van der Waals surface area (Å²) < 4.78 is 110. The molecule has 1 unspecified atom stereocenters. The smallest absolute Gasteiger partial charge is 0.403 e. The van der Waals surface area contributed by atoms with Gasteiger partial charge in [0.25, 0.3) is 0 Å². The maximum atomic E-state index is 14.5. The first-order valence-corrected chi connectivity index (χ1v) is 20.1. The van der Waals surface area contributed by atoms with E-state index in [9.17, 15) is 49.1 Å². The molecular weight excluding hydrogens is 782 g/mol. The summed E-state index contributed by atoms with van der Waals surface area (Å²) in [6, 6.07) is 1.78. The second-order valence-corrected chi connectivity index (χ2v) is 16.8. The quantitative estimate of drug-likeness (QED) is 0.158. The molecule has 2 aliphatic rings. The summed E-state index contributed by atoms with van der Waals surface area (Å²) in [5.41, 5.74) is -2.55.